The lowest BCUT2D eigenvalue weighted by Crippen LogP contribution is -2.12. The number of rotatable bonds is 6. The summed E-state index contributed by atoms with van der Waals surface area (Å²) in [5, 5.41) is 6.71. The molecule has 7 nitrogen and oxygen atoms in total. The van der Waals surface area contributed by atoms with Gasteiger partial charge >= 0.3 is 0 Å². The first-order chi connectivity index (χ1) is 14.0. The summed E-state index contributed by atoms with van der Waals surface area (Å²) in [5.74, 6) is 1.04. The summed E-state index contributed by atoms with van der Waals surface area (Å²) in [6, 6.07) is 11.1. The largest absolute Gasteiger partial charge is 0.440 e. The maximum absolute atomic E-state index is 13.0. The summed E-state index contributed by atoms with van der Waals surface area (Å²) in [6.45, 7) is 4.01. The van der Waals surface area contributed by atoms with Crippen molar-refractivity contribution in [3.8, 4) is 11.4 Å². The first-order valence-corrected chi connectivity index (χ1v) is 9.27. The van der Waals surface area contributed by atoms with Gasteiger partial charge in [0.2, 0.25) is 17.6 Å². The molecule has 2 aromatic heterocycles. The van der Waals surface area contributed by atoms with Crippen LogP contribution in [0.1, 0.15) is 38.0 Å². The molecule has 0 radical (unpaired) electrons. The maximum Gasteiger partial charge on any atom is 0.227 e. The fourth-order valence-corrected chi connectivity index (χ4v) is 2.79. The van der Waals surface area contributed by atoms with E-state index in [-0.39, 0.29) is 24.1 Å². The summed E-state index contributed by atoms with van der Waals surface area (Å²) in [5.41, 5.74) is 2.68. The molecule has 0 aliphatic heterocycles. The van der Waals surface area contributed by atoms with Crippen molar-refractivity contribution in [2.75, 3.05) is 5.32 Å². The molecule has 2 heterocycles. The van der Waals surface area contributed by atoms with Gasteiger partial charge in [-0.05, 0) is 42.5 Å². The number of aryl methyl sites for hydroxylation is 1. The number of nitrogens with one attached hydrogen (secondary N) is 1. The van der Waals surface area contributed by atoms with Crippen molar-refractivity contribution in [2.45, 2.75) is 32.6 Å². The second-order valence-electron chi connectivity index (χ2n) is 6.96. The van der Waals surface area contributed by atoms with Gasteiger partial charge < -0.3 is 14.3 Å². The average molecular weight is 394 g/mol. The summed E-state index contributed by atoms with van der Waals surface area (Å²) >= 11 is 0. The zero-order chi connectivity index (χ0) is 20.4. The number of amides is 1. The molecule has 0 aliphatic carbocycles. The Morgan fingerprint density at radius 3 is 2.69 bits per heavy atom. The molecule has 0 spiro atoms. The molecule has 2 aromatic carbocycles. The average Bonchev–Trinajstić information content (AvgIpc) is 3.34. The smallest absolute Gasteiger partial charge is 0.227 e. The standard InChI is InChI=1S/C21H19FN4O3/c1-12(2)21-24-16-11-15(7-8-17(16)28-21)23-18(27)9-10-19-25-20(26-29-19)13-3-5-14(22)6-4-13/h3-8,11-12H,9-10H2,1-2H3,(H,23,27). The normalized spacial score (nSPS) is 11.3. The number of benzene rings is 2. The Hall–Kier alpha value is -3.55. The van der Waals surface area contributed by atoms with E-state index >= 15 is 0 Å². The maximum atomic E-state index is 13.0. The minimum atomic E-state index is -0.335. The van der Waals surface area contributed by atoms with Gasteiger partial charge in [0.05, 0.1) is 0 Å². The van der Waals surface area contributed by atoms with Crippen LogP contribution in [0.15, 0.2) is 51.4 Å². The van der Waals surface area contributed by atoms with E-state index in [1.165, 1.54) is 12.1 Å². The Bertz CT molecular complexity index is 1150. The van der Waals surface area contributed by atoms with E-state index in [4.69, 9.17) is 8.94 Å². The summed E-state index contributed by atoms with van der Waals surface area (Å²) in [6.07, 6.45) is 0.475. The molecule has 1 amide bonds. The lowest BCUT2D eigenvalue weighted by molar-refractivity contribution is -0.116. The fourth-order valence-electron chi connectivity index (χ4n) is 2.79. The highest BCUT2D eigenvalue weighted by molar-refractivity contribution is 5.92. The van der Waals surface area contributed by atoms with E-state index < -0.39 is 0 Å². The highest BCUT2D eigenvalue weighted by atomic mass is 19.1. The van der Waals surface area contributed by atoms with Gasteiger partial charge in [-0.15, -0.1) is 0 Å². The first-order valence-electron chi connectivity index (χ1n) is 9.27. The fraction of sp³-hybridized carbons (Fsp3) is 0.238. The molecule has 4 aromatic rings. The molecule has 0 saturated heterocycles. The van der Waals surface area contributed by atoms with Crippen LogP contribution in [0.2, 0.25) is 0 Å². The van der Waals surface area contributed by atoms with Crippen LogP contribution in [0.5, 0.6) is 0 Å². The zero-order valence-corrected chi connectivity index (χ0v) is 16.0. The van der Waals surface area contributed by atoms with E-state index in [1.807, 2.05) is 13.8 Å². The molecule has 0 aliphatic rings. The lowest BCUT2D eigenvalue weighted by Gasteiger charge is -2.03. The molecule has 0 fully saturated rings. The minimum absolute atomic E-state index is 0.180. The van der Waals surface area contributed by atoms with Crippen LogP contribution in [0, 0.1) is 5.82 Å². The molecule has 1 N–H and O–H groups in total. The molecule has 0 bridgehead atoms. The van der Waals surface area contributed by atoms with Gasteiger partial charge in [-0.25, -0.2) is 9.37 Å². The highest BCUT2D eigenvalue weighted by Crippen LogP contribution is 2.24. The van der Waals surface area contributed by atoms with Gasteiger partial charge in [0.1, 0.15) is 11.3 Å². The second-order valence-corrected chi connectivity index (χ2v) is 6.96. The third-order valence-corrected chi connectivity index (χ3v) is 4.32. The van der Waals surface area contributed by atoms with Crippen LogP contribution in [0.25, 0.3) is 22.5 Å². The Balaban J connectivity index is 1.36. The van der Waals surface area contributed by atoms with Crippen molar-refractivity contribution >= 4 is 22.7 Å². The number of carbonyl (C=O) groups is 1. The summed E-state index contributed by atoms with van der Waals surface area (Å²) in [7, 11) is 0. The molecular formula is C21H19FN4O3. The van der Waals surface area contributed by atoms with E-state index in [0.29, 0.717) is 46.4 Å². The molecule has 148 valence electrons. The molecule has 4 rings (SSSR count). The number of aromatic nitrogens is 3. The van der Waals surface area contributed by atoms with E-state index in [9.17, 15) is 9.18 Å². The van der Waals surface area contributed by atoms with E-state index in [0.717, 1.165) is 0 Å². The van der Waals surface area contributed by atoms with Gasteiger partial charge in [0, 0.05) is 30.0 Å². The minimum Gasteiger partial charge on any atom is -0.440 e. The molecule has 0 unspecified atom stereocenters. The molecular weight excluding hydrogens is 375 g/mol. The zero-order valence-electron chi connectivity index (χ0n) is 16.0. The number of anilines is 1. The van der Waals surface area contributed by atoms with Crippen molar-refractivity contribution in [1.82, 2.24) is 15.1 Å². The quantitative estimate of drug-likeness (QED) is 0.509. The highest BCUT2D eigenvalue weighted by Gasteiger charge is 2.13. The molecule has 8 heteroatoms. The van der Waals surface area contributed by atoms with Crippen LogP contribution >= 0.6 is 0 Å². The number of halogens is 1. The van der Waals surface area contributed by atoms with E-state index in [2.05, 4.69) is 20.4 Å². The third-order valence-electron chi connectivity index (χ3n) is 4.32. The van der Waals surface area contributed by atoms with Crippen molar-refractivity contribution in [3.63, 3.8) is 0 Å². The first kappa shape index (κ1) is 18.8. The monoisotopic (exact) mass is 394 g/mol. The Morgan fingerprint density at radius 2 is 1.93 bits per heavy atom. The lowest BCUT2D eigenvalue weighted by atomic mass is 10.2. The number of fused-ring (bicyclic) bond motifs is 1. The van der Waals surface area contributed by atoms with Crippen LogP contribution in [0.3, 0.4) is 0 Å². The van der Waals surface area contributed by atoms with E-state index in [1.54, 1.807) is 30.3 Å². The number of carbonyl (C=O) groups excluding carboxylic acids is 1. The van der Waals surface area contributed by atoms with Crippen molar-refractivity contribution in [3.05, 3.63) is 60.1 Å². The van der Waals surface area contributed by atoms with Gasteiger partial charge in [-0.2, -0.15) is 4.98 Å². The van der Waals surface area contributed by atoms with Crippen LogP contribution < -0.4 is 5.32 Å². The van der Waals surface area contributed by atoms with Gasteiger partial charge in [0.15, 0.2) is 11.5 Å². The summed E-state index contributed by atoms with van der Waals surface area (Å²) < 4.78 is 23.8. The predicted molar refractivity (Wildman–Crippen MR) is 105 cm³/mol. The van der Waals surface area contributed by atoms with Crippen molar-refractivity contribution < 1.29 is 18.1 Å². The Kier molecular flexibility index (Phi) is 5.07. The predicted octanol–water partition coefficient (Wildman–Crippen LogP) is 4.71. The number of oxazole rings is 1. The Labute approximate surface area is 165 Å². The summed E-state index contributed by atoms with van der Waals surface area (Å²) in [4.78, 5) is 20.9. The molecule has 0 atom stereocenters. The van der Waals surface area contributed by atoms with Crippen molar-refractivity contribution in [2.24, 2.45) is 0 Å². The topological polar surface area (TPSA) is 94.1 Å². The van der Waals surface area contributed by atoms with Gasteiger partial charge in [0.25, 0.3) is 0 Å². The van der Waals surface area contributed by atoms with Crippen LogP contribution in [0.4, 0.5) is 10.1 Å². The van der Waals surface area contributed by atoms with Crippen molar-refractivity contribution in [1.29, 1.82) is 0 Å². The second kappa shape index (κ2) is 7.83. The van der Waals surface area contributed by atoms with Crippen LogP contribution in [-0.2, 0) is 11.2 Å². The SMILES string of the molecule is CC(C)c1nc2cc(NC(=O)CCc3nc(-c4ccc(F)cc4)no3)ccc2o1. The van der Waals surface area contributed by atoms with Gasteiger partial charge in [-0.1, -0.05) is 19.0 Å². The number of nitrogens with zero attached hydrogens (tertiary/aromatic N) is 3. The molecule has 0 saturated carbocycles. The molecule has 29 heavy (non-hydrogen) atoms. The van der Waals surface area contributed by atoms with Gasteiger partial charge in [-0.3, -0.25) is 4.79 Å². The third kappa shape index (κ3) is 4.31. The Morgan fingerprint density at radius 1 is 1.14 bits per heavy atom. The number of hydrogen-bond acceptors (Lipinski definition) is 6. The van der Waals surface area contributed by atoms with Crippen LogP contribution in [-0.4, -0.2) is 21.0 Å². The number of hydrogen-bond donors (Lipinski definition) is 1.